The molecule has 8 nitrogen and oxygen atoms in total. The van der Waals surface area contributed by atoms with Gasteiger partial charge < -0.3 is 23.9 Å². The number of carbonyl (C=O) groups excluding carboxylic acids is 1. The van der Waals surface area contributed by atoms with Crippen molar-refractivity contribution in [3.05, 3.63) is 48.0 Å². The number of methoxy groups -OCH3 is 1. The minimum absolute atomic E-state index is 0.00511. The van der Waals surface area contributed by atoms with Gasteiger partial charge in [-0.25, -0.2) is 4.79 Å². The molecule has 0 bridgehead atoms. The highest BCUT2D eigenvalue weighted by atomic mass is 16.5. The lowest BCUT2D eigenvalue weighted by Gasteiger charge is -2.31. The molecule has 4 rings (SSSR count). The smallest absolute Gasteiger partial charge is 0.321 e. The van der Waals surface area contributed by atoms with Crippen LogP contribution < -0.4 is 10.1 Å². The molecular formula is C20H22N4O4. The van der Waals surface area contributed by atoms with Gasteiger partial charge in [0.15, 0.2) is 5.76 Å². The lowest BCUT2D eigenvalue weighted by atomic mass is 9.98. The van der Waals surface area contributed by atoms with Crippen molar-refractivity contribution < 1.29 is 18.5 Å². The van der Waals surface area contributed by atoms with Crippen molar-refractivity contribution in [3.8, 4) is 17.3 Å². The van der Waals surface area contributed by atoms with E-state index >= 15 is 0 Å². The summed E-state index contributed by atoms with van der Waals surface area (Å²) in [7, 11) is 1.58. The van der Waals surface area contributed by atoms with Gasteiger partial charge in [0.05, 0.1) is 18.7 Å². The molecule has 1 unspecified atom stereocenters. The third-order valence-electron chi connectivity index (χ3n) is 4.81. The van der Waals surface area contributed by atoms with Crippen LogP contribution >= 0.6 is 0 Å². The Balaban J connectivity index is 1.44. The maximum atomic E-state index is 12.7. The van der Waals surface area contributed by atoms with E-state index in [9.17, 15) is 4.79 Å². The maximum absolute atomic E-state index is 12.7. The fraction of sp³-hybridized carbons (Fsp3) is 0.350. The van der Waals surface area contributed by atoms with Crippen molar-refractivity contribution in [2.75, 3.05) is 25.5 Å². The summed E-state index contributed by atoms with van der Waals surface area (Å²) < 4.78 is 16.3. The number of amides is 2. The molecule has 8 heteroatoms. The van der Waals surface area contributed by atoms with Crippen LogP contribution in [-0.2, 0) is 0 Å². The van der Waals surface area contributed by atoms with Gasteiger partial charge in [-0.2, -0.15) is 4.98 Å². The number of nitrogens with one attached hydrogen (secondary N) is 1. The summed E-state index contributed by atoms with van der Waals surface area (Å²) in [6.45, 7) is 3.06. The zero-order valence-electron chi connectivity index (χ0n) is 15.8. The molecule has 0 aliphatic carbocycles. The zero-order valence-corrected chi connectivity index (χ0v) is 15.8. The third-order valence-corrected chi connectivity index (χ3v) is 4.81. The highest BCUT2D eigenvalue weighted by Gasteiger charge is 2.29. The summed E-state index contributed by atoms with van der Waals surface area (Å²) in [6, 6.07) is 10.8. The number of rotatable bonds is 4. The molecule has 146 valence electrons. The summed E-state index contributed by atoms with van der Waals surface area (Å²) in [5.41, 5.74) is 0.644. The van der Waals surface area contributed by atoms with Gasteiger partial charge in [-0.05, 0) is 44.0 Å². The van der Waals surface area contributed by atoms with Crippen LogP contribution in [0.1, 0.15) is 30.4 Å². The Bertz CT molecular complexity index is 965. The Morgan fingerprint density at radius 2 is 2.14 bits per heavy atom. The van der Waals surface area contributed by atoms with Crippen LogP contribution in [0.25, 0.3) is 11.6 Å². The molecular weight excluding hydrogens is 360 g/mol. The van der Waals surface area contributed by atoms with Crippen LogP contribution in [0.5, 0.6) is 5.75 Å². The lowest BCUT2D eigenvalue weighted by molar-refractivity contribution is 0.184. The predicted molar refractivity (Wildman–Crippen MR) is 102 cm³/mol. The standard InChI is InChI=1S/C20H22N4O4/c1-13-9-10-17(27-13)18-22-19(28-23-18)14-6-5-11-24(12-14)20(25)21-15-7-3-4-8-16(15)26-2/h3-4,7-10,14H,5-6,11-12H2,1-2H3,(H,21,25). The SMILES string of the molecule is COc1ccccc1NC(=O)N1CCCC(c2nc(-c3ccc(C)o3)no2)C1. The van der Waals surface area contributed by atoms with Gasteiger partial charge in [-0.3, -0.25) is 0 Å². The molecule has 1 saturated heterocycles. The molecule has 1 atom stereocenters. The average Bonchev–Trinajstić information content (AvgIpc) is 3.37. The number of para-hydroxylation sites is 2. The molecule has 2 aromatic heterocycles. The molecule has 2 amide bonds. The number of benzene rings is 1. The molecule has 1 fully saturated rings. The first-order valence-electron chi connectivity index (χ1n) is 9.23. The second-order valence-corrected chi connectivity index (χ2v) is 6.78. The number of carbonyl (C=O) groups is 1. The summed E-state index contributed by atoms with van der Waals surface area (Å²) in [4.78, 5) is 19.0. The minimum Gasteiger partial charge on any atom is -0.495 e. The molecule has 1 N–H and O–H groups in total. The number of anilines is 1. The molecule has 0 spiro atoms. The molecule has 3 heterocycles. The lowest BCUT2D eigenvalue weighted by Crippen LogP contribution is -2.41. The first-order chi connectivity index (χ1) is 13.6. The molecule has 1 aliphatic heterocycles. The molecule has 0 radical (unpaired) electrons. The molecule has 28 heavy (non-hydrogen) atoms. The van der Waals surface area contributed by atoms with E-state index in [1.807, 2.05) is 43.3 Å². The van der Waals surface area contributed by atoms with E-state index in [1.165, 1.54) is 0 Å². The first kappa shape index (κ1) is 18.1. The Kier molecular flexibility index (Phi) is 5.01. The fourth-order valence-corrected chi connectivity index (χ4v) is 3.36. The summed E-state index contributed by atoms with van der Waals surface area (Å²) >= 11 is 0. The second kappa shape index (κ2) is 7.75. The Morgan fingerprint density at radius 1 is 1.29 bits per heavy atom. The summed E-state index contributed by atoms with van der Waals surface area (Å²) in [6.07, 6.45) is 1.75. The topological polar surface area (TPSA) is 93.6 Å². The molecule has 0 saturated carbocycles. The number of aromatic nitrogens is 2. The van der Waals surface area contributed by atoms with E-state index < -0.39 is 0 Å². The van der Waals surface area contributed by atoms with Gasteiger partial charge in [0.25, 0.3) is 0 Å². The van der Waals surface area contributed by atoms with E-state index in [0.717, 1.165) is 18.6 Å². The number of piperidine rings is 1. The van der Waals surface area contributed by atoms with Gasteiger partial charge in [0.2, 0.25) is 11.7 Å². The summed E-state index contributed by atoms with van der Waals surface area (Å²) in [5.74, 6) is 2.94. The molecule has 3 aromatic rings. The number of nitrogens with zero attached hydrogens (tertiary/aromatic N) is 3. The van der Waals surface area contributed by atoms with Gasteiger partial charge in [0, 0.05) is 13.1 Å². The predicted octanol–water partition coefficient (Wildman–Crippen LogP) is 4.06. The van der Waals surface area contributed by atoms with Crippen LogP contribution in [0, 0.1) is 6.92 Å². The van der Waals surface area contributed by atoms with Crippen molar-refractivity contribution in [2.45, 2.75) is 25.7 Å². The van der Waals surface area contributed by atoms with Crippen molar-refractivity contribution in [2.24, 2.45) is 0 Å². The fourth-order valence-electron chi connectivity index (χ4n) is 3.36. The van der Waals surface area contributed by atoms with E-state index in [0.29, 0.717) is 42.0 Å². The van der Waals surface area contributed by atoms with E-state index in [-0.39, 0.29) is 11.9 Å². The number of aryl methyl sites for hydroxylation is 1. The number of ether oxygens (including phenoxy) is 1. The second-order valence-electron chi connectivity index (χ2n) is 6.78. The average molecular weight is 382 g/mol. The molecule has 1 aliphatic rings. The number of urea groups is 1. The Labute approximate surface area is 162 Å². The third kappa shape index (κ3) is 3.71. The van der Waals surface area contributed by atoms with Crippen LogP contribution in [0.2, 0.25) is 0 Å². The van der Waals surface area contributed by atoms with Gasteiger partial charge in [-0.15, -0.1) is 0 Å². The Morgan fingerprint density at radius 3 is 2.93 bits per heavy atom. The monoisotopic (exact) mass is 382 g/mol. The number of hydrogen-bond acceptors (Lipinski definition) is 6. The zero-order chi connectivity index (χ0) is 19.5. The van der Waals surface area contributed by atoms with E-state index in [4.69, 9.17) is 13.7 Å². The quantitative estimate of drug-likeness (QED) is 0.731. The number of furan rings is 1. The van der Waals surface area contributed by atoms with Crippen LogP contribution in [-0.4, -0.2) is 41.3 Å². The van der Waals surface area contributed by atoms with Crippen LogP contribution in [0.4, 0.5) is 10.5 Å². The van der Waals surface area contributed by atoms with Gasteiger partial charge >= 0.3 is 6.03 Å². The van der Waals surface area contributed by atoms with Gasteiger partial charge in [-0.1, -0.05) is 17.3 Å². The van der Waals surface area contributed by atoms with Gasteiger partial charge in [0.1, 0.15) is 11.5 Å². The van der Waals surface area contributed by atoms with E-state index in [1.54, 1.807) is 12.0 Å². The highest BCUT2D eigenvalue weighted by molar-refractivity contribution is 5.91. The number of likely N-dealkylation sites (tertiary alicyclic amines) is 1. The summed E-state index contributed by atoms with van der Waals surface area (Å²) in [5, 5.41) is 6.94. The first-order valence-corrected chi connectivity index (χ1v) is 9.23. The molecule has 1 aromatic carbocycles. The normalized spacial score (nSPS) is 16.8. The number of hydrogen-bond donors (Lipinski definition) is 1. The van der Waals surface area contributed by atoms with E-state index in [2.05, 4.69) is 15.5 Å². The van der Waals surface area contributed by atoms with Crippen molar-refractivity contribution in [3.63, 3.8) is 0 Å². The minimum atomic E-state index is -0.171. The highest BCUT2D eigenvalue weighted by Crippen LogP contribution is 2.29. The van der Waals surface area contributed by atoms with Crippen LogP contribution in [0.15, 0.2) is 45.3 Å². The Hall–Kier alpha value is -3.29. The van der Waals surface area contributed by atoms with Crippen molar-refractivity contribution in [1.29, 1.82) is 0 Å². The maximum Gasteiger partial charge on any atom is 0.321 e. The largest absolute Gasteiger partial charge is 0.495 e. The van der Waals surface area contributed by atoms with Crippen molar-refractivity contribution >= 4 is 11.7 Å². The van der Waals surface area contributed by atoms with Crippen LogP contribution in [0.3, 0.4) is 0 Å². The van der Waals surface area contributed by atoms with Crippen molar-refractivity contribution in [1.82, 2.24) is 15.0 Å².